The van der Waals surface area contributed by atoms with Crippen molar-refractivity contribution in [1.82, 2.24) is 0 Å². The number of hydrogen-bond donors (Lipinski definition) is 17. The molecule has 0 bridgehead atoms. The Hall–Kier alpha value is -1.12. The Bertz CT molecular complexity index is 2140. The average Bonchev–Trinajstić information content (AvgIpc) is 2.08. The van der Waals surface area contributed by atoms with E-state index in [-0.39, 0.29) is 47.2 Å². The van der Waals surface area contributed by atoms with E-state index in [0.29, 0.717) is 43.4 Å². The highest BCUT2D eigenvalue weighted by atomic mass is 16.8. The molecule has 0 aromatic rings. The number of rotatable bonds is 18. The van der Waals surface area contributed by atoms with Gasteiger partial charge in [0.1, 0.15) is 116 Å². The fourth-order valence-electron chi connectivity index (χ4n) is 16.8. The molecule has 28 heteroatoms. The molecule has 6 saturated heterocycles. The van der Waals surface area contributed by atoms with Crippen molar-refractivity contribution >= 4 is 0 Å². The smallest absolute Gasteiger partial charge is 0.187 e. The first-order chi connectivity index (χ1) is 39.8. The molecule has 0 aromatic heterocycles. The fraction of sp³-hybridized carbons (Fsp3) is 1.00. The van der Waals surface area contributed by atoms with E-state index in [4.69, 9.17) is 52.1 Å². The predicted molar refractivity (Wildman–Crippen MR) is 278 cm³/mol. The molecule has 0 radical (unpaired) electrons. The second-order valence-electron chi connectivity index (χ2n) is 26.6. The Morgan fingerprint density at radius 3 is 1.73 bits per heavy atom. The van der Waals surface area contributed by atoms with Gasteiger partial charge >= 0.3 is 0 Å². The van der Waals surface area contributed by atoms with Crippen molar-refractivity contribution < 1.29 is 139 Å². The zero-order chi connectivity index (χ0) is 60.6. The van der Waals surface area contributed by atoms with Gasteiger partial charge in [-0.1, -0.05) is 27.7 Å². The predicted octanol–water partition coefficient (Wildman–Crippen LogP) is -5.49. The van der Waals surface area contributed by atoms with E-state index in [0.717, 1.165) is 38.5 Å². The van der Waals surface area contributed by atoms with Crippen LogP contribution in [0.3, 0.4) is 0 Å². The van der Waals surface area contributed by atoms with Crippen molar-refractivity contribution in [2.75, 3.05) is 39.6 Å². The summed E-state index contributed by atoms with van der Waals surface area (Å²) in [6, 6.07) is 0. The third-order valence-corrected chi connectivity index (χ3v) is 21.8. The van der Waals surface area contributed by atoms with Crippen LogP contribution in [-0.2, 0) is 52.1 Å². The van der Waals surface area contributed by atoms with Crippen LogP contribution in [-0.4, -0.2) is 292 Å². The number of ether oxygens (including phenoxy) is 11. The molecule has 10 aliphatic rings. The summed E-state index contributed by atoms with van der Waals surface area (Å²) in [5, 5.41) is 182. The Kier molecular flexibility index (Phi) is 20.6. The van der Waals surface area contributed by atoms with Crippen molar-refractivity contribution in [2.45, 2.75) is 257 Å². The Labute approximate surface area is 487 Å². The molecule has 4 saturated carbocycles. The van der Waals surface area contributed by atoms with Crippen LogP contribution in [0.5, 0.6) is 0 Å². The molecule has 36 atom stereocenters. The largest absolute Gasteiger partial charge is 0.394 e. The lowest BCUT2D eigenvalue weighted by molar-refractivity contribution is -0.404. The molecule has 84 heavy (non-hydrogen) atoms. The quantitative estimate of drug-likeness (QED) is 0.0569. The first-order valence-electron chi connectivity index (χ1n) is 30.3. The van der Waals surface area contributed by atoms with E-state index in [1.165, 1.54) is 0 Å². The molecule has 17 N–H and O–H groups in total. The maximum Gasteiger partial charge on any atom is 0.187 e. The molecule has 6 aliphatic heterocycles. The Balaban J connectivity index is 0.759. The third kappa shape index (κ3) is 12.1. The fourth-order valence-corrected chi connectivity index (χ4v) is 16.8. The topological polar surface area (TPSA) is 445 Å². The summed E-state index contributed by atoms with van der Waals surface area (Å²) in [7, 11) is 0. The molecule has 10 rings (SSSR count). The van der Waals surface area contributed by atoms with Crippen LogP contribution in [0.15, 0.2) is 0 Å². The van der Waals surface area contributed by atoms with Crippen molar-refractivity contribution in [2.24, 2.45) is 52.3 Å². The average molecular weight is 1220 g/mol. The highest BCUT2D eigenvalue weighted by Crippen LogP contribution is 2.71. The van der Waals surface area contributed by atoms with Gasteiger partial charge in [0.15, 0.2) is 37.2 Å². The minimum atomic E-state index is -2.02. The van der Waals surface area contributed by atoms with Crippen molar-refractivity contribution in [3.05, 3.63) is 0 Å². The highest BCUT2D eigenvalue weighted by molar-refractivity contribution is 5.15. The van der Waals surface area contributed by atoms with E-state index in [9.17, 15) is 86.8 Å². The first kappa shape index (κ1) is 65.8. The lowest BCUT2D eigenvalue weighted by Crippen LogP contribution is -2.68. The van der Waals surface area contributed by atoms with Gasteiger partial charge in [-0.15, -0.1) is 0 Å². The number of aliphatic hydroxyl groups excluding tert-OH is 16. The number of aliphatic hydroxyl groups is 17. The van der Waals surface area contributed by atoms with Crippen LogP contribution in [0.2, 0.25) is 0 Å². The summed E-state index contributed by atoms with van der Waals surface area (Å²) in [6.45, 7) is 5.31. The molecule has 28 nitrogen and oxygen atoms in total. The van der Waals surface area contributed by atoms with Crippen LogP contribution in [0, 0.1) is 52.3 Å². The minimum absolute atomic E-state index is 0.0288. The normalized spacial score (nSPS) is 55.4. The van der Waals surface area contributed by atoms with Gasteiger partial charge in [-0.3, -0.25) is 0 Å². The summed E-state index contributed by atoms with van der Waals surface area (Å²) < 4.78 is 65.9. The van der Waals surface area contributed by atoms with Gasteiger partial charge in [-0.2, -0.15) is 0 Å². The highest BCUT2D eigenvalue weighted by Gasteiger charge is 2.69. The van der Waals surface area contributed by atoms with Crippen molar-refractivity contribution in [1.29, 1.82) is 0 Å². The summed E-state index contributed by atoms with van der Waals surface area (Å²) in [5.41, 5.74) is -0.0852. The monoisotopic (exact) mass is 1210 g/mol. The van der Waals surface area contributed by atoms with Crippen molar-refractivity contribution in [3.8, 4) is 0 Å². The van der Waals surface area contributed by atoms with Gasteiger partial charge in [-0.05, 0) is 104 Å². The standard InChI is InChI=1S/C56H94O28/c1-21(19-74-49-43(70)39(66)36(63)30(15-57)77-49)7-12-56(73)22(2)34-29(84-56)14-27-25-6-5-23-13-24(8-10-54(23,3)26(25)9-11-55(27,34)4)76-51-45(72)41(68)46(33(18-60)80-51)81-53-48(83-52-44(71)40(67)37(64)31(16-58)78-52)47(38(65)32(17-59)79-53)82-50-42(69)35(62)28(61)20-75-50/h21-53,57-73H,5-20H2,1-4H3/t21-,22+,23+,24+,25-,26+,27+,28-,29+,30-,31-,32-,33-,34+,35+,36+,37+,38-,39+,40+,41-,42-,43-,44-,45-,46-,47+,48-,49-,50+,51-,52+,53+,54+,55+,56-/m1/s1. The molecular formula is C56H94O28. The molecule has 0 unspecified atom stereocenters. The Morgan fingerprint density at radius 2 is 1.06 bits per heavy atom. The second kappa shape index (κ2) is 26.2. The van der Waals surface area contributed by atoms with Crippen LogP contribution in [0.25, 0.3) is 0 Å². The van der Waals surface area contributed by atoms with Crippen LogP contribution in [0.4, 0.5) is 0 Å². The van der Waals surface area contributed by atoms with Gasteiger partial charge in [-0.25, -0.2) is 0 Å². The van der Waals surface area contributed by atoms with Crippen LogP contribution < -0.4 is 0 Å². The lowest BCUT2D eigenvalue weighted by Gasteiger charge is -2.61. The lowest BCUT2D eigenvalue weighted by atomic mass is 9.44. The first-order valence-corrected chi connectivity index (χ1v) is 30.3. The van der Waals surface area contributed by atoms with E-state index >= 15 is 0 Å². The Morgan fingerprint density at radius 1 is 0.512 bits per heavy atom. The molecule has 6 heterocycles. The molecule has 486 valence electrons. The van der Waals surface area contributed by atoms with E-state index in [2.05, 4.69) is 20.8 Å². The molecule has 10 fully saturated rings. The summed E-state index contributed by atoms with van der Waals surface area (Å²) in [4.78, 5) is 0. The number of fused-ring (bicyclic) bond motifs is 7. The maximum atomic E-state index is 12.1. The van der Waals surface area contributed by atoms with E-state index in [1.807, 2.05) is 6.92 Å². The summed E-state index contributed by atoms with van der Waals surface area (Å²) >= 11 is 0. The van der Waals surface area contributed by atoms with Gasteiger partial charge in [0.05, 0.1) is 51.8 Å². The number of hydrogen-bond acceptors (Lipinski definition) is 28. The zero-order valence-corrected chi connectivity index (χ0v) is 48.0. The van der Waals surface area contributed by atoms with Gasteiger partial charge in [0, 0.05) is 12.3 Å². The molecule has 0 amide bonds. The SMILES string of the molecule is C[C@H](CC[C@@]1(O)O[C@H]2C[C@H]3[C@@H]4CC[C@H]5C[C@@H](O[C@@H]6O[C@H](CO)[C@@H](O[C@@H]7O[C@H](CO)[C@@H](O)[C@H](O[C@@H]8OC[C@@H](O)[C@H](O)[C@H]8O)[C@H]7O[C@@H]7O[C@H](CO)[C@H](O)[C@H](O)[C@H]7O)[C@H](O)[C@H]6O)CC[C@]5(C)[C@H]4CC[C@]3(C)[C@H]2[C@@H]1C)CO[C@@H]1O[C@H](CO)[C@H](O)[C@H](O)[C@H]1O. The molecule has 0 spiro atoms. The van der Waals surface area contributed by atoms with Gasteiger partial charge < -0.3 is 139 Å². The van der Waals surface area contributed by atoms with Gasteiger partial charge in [0.25, 0.3) is 0 Å². The third-order valence-electron chi connectivity index (χ3n) is 21.8. The molecule has 0 aromatic carbocycles. The maximum absolute atomic E-state index is 12.1. The zero-order valence-electron chi connectivity index (χ0n) is 48.0. The van der Waals surface area contributed by atoms with Gasteiger partial charge in [0.2, 0.25) is 0 Å². The molecule has 4 aliphatic carbocycles. The van der Waals surface area contributed by atoms with Crippen LogP contribution >= 0.6 is 0 Å². The summed E-state index contributed by atoms with van der Waals surface area (Å²) in [6.07, 6.45) is -33.1. The van der Waals surface area contributed by atoms with E-state index in [1.54, 1.807) is 0 Å². The second-order valence-corrected chi connectivity index (χ2v) is 26.6. The summed E-state index contributed by atoms with van der Waals surface area (Å²) in [5.74, 6) is 0.0903. The molecular weight excluding hydrogens is 1120 g/mol. The van der Waals surface area contributed by atoms with Crippen LogP contribution in [0.1, 0.15) is 91.9 Å². The van der Waals surface area contributed by atoms with E-state index < -0.39 is 192 Å². The van der Waals surface area contributed by atoms with Crippen molar-refractivity contribution in [3.63, 3.8) is 0 Å². The minimum Gasteiger partial charge on any atom is -0.394 e.